The summed E-state index contributed by atoms with van der Waals surface area (Å²) in [7, 11) is 1.84. The number of carbonyl (C=O) groups is 2. The summed E-state index contributed by atoms with van der Waals surface area (Å²) >= 11 is 0. The van der Waals surface area contributed by atoms with E-state index in [2.05, 4.69) is 20.9 Å². The number of carbonyl (C=O) groups excluding carboxylic acids is 2. The number of hydrogen-bond acceptors (Lipinski definition) is 4. The van der Waals surface area contributed by atoms with E-state index in [9.17, 15) is 9.59 Å². The Labute approximate surface area is 137 Å². The molecule has 6 nitrogen and oxygen atoms in total. The summed E-state index contributed by atoms with van der Waals surface area (Å²) in [5.74, 6) is 0.104. The van der Waals surface area contributed by atoms with E-state index < -0.39 is 0 Å². The molecule has 2 rings (SSSR count). The van der Waals surface area contributed by atoms with Crippen LogP contribution in [0.1, 0.15) is 19.3 Å². The fraction of sp³-hybridized carbons (Fsp3) is 0.529. The lowest BCUT2D eigenvalue weighted by Gasteiger charge is -2.31. The van der Waals surface area contributed by atoms with Crippen molar-refractivity contribution in [2.24, 2.45) is 0 Å². The van der Waals surface area contributed by atoms with Gasteiger partial charge in [0.2, 0.25) is 11.8 Å². The average Bonchev–Trinajstić information content (AvgIpc) is 2.55. The highest BCUT2D eigenvalue weighted by atomic mass is 16.2. The van der Waals surface area contributed by atoms with Gasteiger partial charge in [-0.15, -0.1) is 0 Å². The Kier molecular flexibility index (Phi) is 7.03. The molecule has 6 heteroatoms. The van der Waals surface area contributed by atoms with Crippen LogP contribution in [0.2, 0.25) is 0 Å². The van der Waals surface area contributed by atoms with Gasteiger partial charge in [-0.3, -0.25) is 14.5 Å². The summed E-state index contributed by atoms with van der Waals surface area (Å²) in [6, 6.07) is 9.71. The van der Waals surface area contributed by atoms with Crippen LogP contribution >= 0.6 is 0 Å². The quantitative estimate of drug-likeness (QED) is 0.696. The SMILES string of the molecule is CNCCC(=O)NC1CCN(CC(=O)Nc2ccccc2)CC1. The molecule has 1 aromatic carbocycles. The van der Waals surface area contributed by atoms with Crippen LogP contribution in [0, 0.1) is 0 Å². The van der Waals surface area contributed by atoms with Gasteiger partial charge in [0, 0.05) is 37.8 Å². The normalized spacial score (nSPS) is 16.0. The number of amides is 2. The van der Waals surface area contributed by atoms with Crippen molar-refractivity contribution in [2.75, 3.05) is 38.5 Å². The lowest BCUT2D eigenvalue weighted by Crippen LogP contribution is -2.46. The highest BCUT2D eigenvalue weighted by Crippen LogP contribution is 2.11. The predicted octanol–water partition coefficient (Wildman–Crippen LogP) is 0.815. The van der Waals surface area contributed by atoms with Crippen molar-refractivity contribution in [2.45, 2.75) is 25.3 Å². The number of likely N-dealkylation sites (tertiary alicyclic amines) is 1. The van der Waals surface area contributed by atoms with Gasteiger partial charge in [0.1, 0.15) is 0 Å². The molecule has 1 fully saturated rings. The van der Waals surface area contributed by atoms with Crippen LogP contribution in [-0.2, 0) is 9.59 Å². The van der Waals surface area contributed by atoms with Crippen molar-refractivity contribution in [3.63, 3.8) is 0 Å². The Morgan fingerprint density at radius 3 is 2.48 bits per heavy atom. The van der Waals surface area contributed by atoms with E-state index in [1.54, 1.807) is 0 Å². The van der Waals surface area contributed by atoms with Gasteiger partial charge >= 0.3 is 0 Å². The van der Waals surface area contributed by atoms with E-state index in [1.807, 2.05) is 37.4 Å². The second kappa shape index (κ2) is 9.27. The maximum atomic E-state index is 12.0. The highest BCUT2D eigenvalue weighted by molar-refractivity contribution is 5.92. The smallest absolute Gasteiger partial charge is 0.238 e. The maximum absolute atomic E-state index is 12.0. The molecule has 126 valence electrons. The molecule has 3 N–H and O–H groups in total. The second-order valence-corrected chi connectivity index (χ2v) is 5.89. The van der Waals surface area contributed by atoms with Crippen LogP contribution in [0.4, 0.5) is 5.69 Å². The molecule has 1 aliphatic rings. The molecule has 23 heavy (non-hydrogen) atoms. The van der Waals surface area contributed by atoms with Crippen molar-refractivity contribution in [1.29, 1.82) is 0 Å². The third-order valence-corrected chi connectivity index (χ3v) is 3.98. The zero-order valence-corrected chi connectivity index (χ0v) is 13.7. The van der Waals surface area contributed by atoms with Gasteiger partial charge < -0.3 is 16.0 Å². The Balaban J connectivity index is 1.66. The van der Waals surface area contributed by atoms with Crippen molar-refractivity contribution >= 4 is 17.5 Å². The van der Waals surface area contributed by atoms with E-state index in [4.69, 9.17) is 0 Å². The number of benzene rings is 1. The summed E-state index contributed by atoms with van der Waals surface area (Å²) in [4.78, 5) is 25.9. The van der Waals surface area contributed by atoms with Crippen LogP contribution in [0.5, 0.6) is 0 Å². The maximum Gasteiger partial charge on any atom is 0.238 e. The first-order chi connectivity index (χ1) is 11.2. The Morgan fingerprint density at radius 1 is 1.13 bits per heavy atom. The zero-order valence-electron chi connectivity index (χ0n) is 13.7. The topological polar surface area (TPSA) is 73.5 Å². The number of hydrogen-bond donors (Lipinski definition) is 3. The van der Waals surface area contributed by atoms with Gasteiger partial charge in [-0.25, -0.2) is 0 Å². The summed E-state index contributed by atoms with van der Waals surface area (Å²) in [5.41, 5.74) is 0.823. The van der Waals surface area contributed by atoms with Crippen molar-refractivity contribution < 1.29 is 9.59 Å². The minimum absolute atomic E-state index is 0.00713. The molecule has 0 aromatic heterocycles. The molecule has 1 saturated heterocycles. The van der Waals surface area contributed by atoms with Gasteiger partial charge in [0.15, 0.2) is 0 Å². The van der Waals surface area contributed by atoms with Crippen molar-refractivity contribution in [3.8, 4) is 0 Å². The number of para-hydroxylation sites is 1. The molecule has 2 amide bonds. The number of nitrogens with zero attached hydrogens (tertiary/aromatic N) is 1. The molecular weight excluding hydrogens is 292 g/mol. The first-order valence-corrected chi connectivity index (χ1v) is 8.18. The van der Waals surface area contributed by atoms with Gasteiger partial charge in [-0.1, -0.05) is 18.2 Å². The monoisotopic (exact) mass is 318 g/mol. The van der Waals surface area contributed by atoms with Crippen molar-refractivity contribution in [1.82, 2.24) is 15.5 Å². The van der Waals surface area contributed by atoms with Gasteiger partial charge in [0.25, 0.3) is 0 Å². The van der Waals surface area contributed by atoms with Gasteiger partial charge in [0.05, 0.1) is 6.54 Å². The summed E-state index contributed by atoms with van der Waals surface area (Å²) < 4.78 is 0. The molecule has 0 spiro atoms. The third kappa shape index (κ3) is 6.38. The number of nitrogens with one attached hydrogen (secondary N) is 3. The van der Waals surface area contributed by atoms with Crippen LogP contribution in [0.25, 0.3) is 0 Å². The highest BCUT2D eigenvalue weighted by Gasteiger charge is 2.21. The van der Waals surface area contributed by atoms with E-state index in [1.165, 1.54) is 0 Å². The standard InChI is InChI=1S/C17H26N4O2/c1-18-10-7-16(22)19-15-8-11-21(12-9-15)13-17(23)20-14-5-3-2-4-6-14/h2-6,15,18H,7-13H2,1H3,(H,19,22)(H,20,23). The van der Waals surface area contributed by atoms with Crippen LogP contribution in [0.3, 0.4) is 0 Å². The molecular formula is C17H26N4O2. The van der Waals surface area contributed by atoms with E-state index in [0.717, 1.165) is 31.6 Å². The third-order valence-electron chi connectivity index (χ3n) is 3.98. The average molecular weight is 318 g/mol. The van der Waals surface area contributed by atoms with Crippen LogP contribution in [-0.4, -0.2) is 56.0 Å². The first-order valence-electron chi connectivity index (χ1n) is 8.18. The molecule has 0 bridgehead atoms. The molecule has 1 aliphatic heterocycles. The lowest BCUT2D eigenvalue weighted by atomic mass is 10.0. The first kappa shape index (κ1) is 17.4. The molecule has 0 saturated carbocycles. The molecule has 0 radical (unpaired) electrons. The lowest BCUT2D eigenvalue weighted by molar-refractivity contribution is -0.122. The molecule has 1 heterocycles. The number of piperidine rings is 1. The van der Waals surface area contributed by atoms with E-state index >= 15 is 0 Å². The number of rotatable bonds is 7. The predicted molar refractivity (Wildman–Crippen MR) is 91.2 cm³/mol. The summed E-state index contributed by atoms with van der Waals surface area (Å²) in [5, 5.41) is 8.93. The molecule has 0 aliphatic carbocycles. The van der Waals surface area contributed by atoms with Crippen LogP contribution in [0.15, 0.2) is 30.3 Å². The van der Waals surface area contributed by atoms with Gasteiger partial charge in [-0.05, 0) is 32.0 Å². The second-order valence-electron chi connectivity index (χ2n) is 5.89. The fourth-order valence-corrected chi connectivity index (χ4v) is 2.70. The van der Waals surface area contributed by atoms with E-state index in [-0.39, 0.29) is 17.9 Å². The minimum atomic E-state index is 0.00713. The molecule has 0 atom stereocenters. The number of anilines is 1. The van der Waals surface area contributed by atoms with Crippen molar-refractivity contribution in [3.05, 3.63) is 30.3 Å². The largest absolute Gasteiger partial charge is 0.353 e. The Bertz CT molecular complexity index is 499. The fourth-order valence-electron chi connectivity index (χ4n) is 2.70. The summed E-state index contributed by atoms with van der Waals surface area (Å²) in [6.07, 6.45) is 2.30. The zero-order chi connectivity index (χ0) is 16.5. The Hall–Kier alpha value is -1.92. The Morgan fingerprint density at radius 2 is 1.83 bits per heavy atom. The molecule has 1 aromatic rings. The minimum Gasteiger partial charge on any atom is -0.353 e. The van der Waals surface area contributed by atoms with Gasteiger partial charge in [-0.2, -0.15) is 0 Å². The van der Waals surface area contributed by atoms with E-state index in [0.29, 0.717) is 19.5 Å². The van der Waals surface area contributed by atoms with Crippen LogP contribution < -0.4 is 16.0 Å². The summed E-state index contributed by atoms with van der Waals surface area (Å²) in [6.45, 7) is 2.76. The molecule has 0 unspecified atom stereocenters.